The third-order valence-electron chi connectivity index (χ3n) is 3.20. The van der Waals surface area contributed by atoms with Crippen LogP contribution < -0.4 is 10.5 Å². The molecule has 0 amide bonds. The zero-order valence-electron chi connectivity index (χ0n) is 9.58. The largest absolute Gasteiger partial charge is 0.490 e. The van der Waals surface area contributed by atoms with Gasteiger partial charge in [-0.2, -0.15) is 5.26 Å². The number of ether oxygens (including phenoxy) is 1. The van der Waals surface area contributed by atoms with Crippen LogP contribution in [0.25, 0.3) is 0 Å². The van der Waals surface area contributed by atoms with Gasteiger partial charge in [0.1, 0.15) is 0 Å². The molecule has 0 aromatic heterocycles. The van der Waals surface area contributed by atoms with Crippen molar-refractivity contribution in [1.82, 2.24) is 0 Å². The molecule has 1 aliphatic rings. The molecule has 1 aromatic carbocycles. The van der Waals surface area contributed by atoms with Gasteiger partial charge in [-0.05, 0) is 18.9 Å². The van der Waals surface area contributed by atoms with E-state index in [9.17, 15) is 4.39 Å². The molecule has 2 rings (SSSR count). The molecule has 0 atom stereocenters. The maximum atomic E-state index is 13.6. The molecule has 0 saturated heterocycles. The van der Waals surface area contributed by atoms with Crippen molar-refractivity contribution in [3.05, 3.63) is 29.6 Å². The fourth-order valence-electron chi connectivity index (χ4n) is 1.82. The van der Waals surface area contributed by atoms with Crippen molar-refractivity contribution in [3.63, 3.8) is 0 Å². The first kappa shape index (κ1) is 11.9. The summed E-state index contributed by atoms with van der Waals surface area (Å²) >= 11 is 0. The predicted octanol–water partition coefficient (Wildman–Crippen LogP) is 2.36. The Hall–Kier alpha value is -1.60. The van der Waals surface area contributed by atoms with Crippen LogP contribution in [0.5, 0.6) is 5.75 Å². The van der Waals surface area contributed by atoms with E-state index in [-0.39, 0.29) is 23.5 Å². The lowest BCUT2D eigenvalue weighted by atomic mass is 10.1. The van der Waals surface area contributed by atoms with Gasteiger partial charge >= 0.3 is 0 Å². The van der Waals surface area contributed by atoms with Crippen LogP contribution in [-0.2, 0) is 6.54 Å². The van der Waals surface area contributed by atoms with Crippen LogP contribution >= 0.6 is 0 Å². The number of hydrogen-bond acceptors (Lipinski definition) is 3. The van der Waals surface area contributed by atoms with Gasteiger partial charge in [0.05, 0.1) is 12.7 Å². The quantitative estimate of drug-likeness (QED) is 0.850. The third-order valence-corrected chi connectivity index (χ3v) is 3.20. The van der Waals surface area contributed by atoms with Gasteiger partial charge in [-0.3, -0.25) is 0 Å². The van der Waals surface area contributed by atoms with E-state index >= 15 is 0 Å². The average molecular weight is 234 g/mol. The Morgan fingerprint density at radius 2 is 2.24 bits per heavy atom. The summed E-state index contributed by atoms with van der Waals surface area (Å²) in [7, 11) is 0. The van der Waals surface area contributed by atoms with Crippen molar-refractivity contribution < 1.29 is 9.13 Å². The molecule has 0 spiro atoms. The molecule has 1 aliphatic carbocycles. The van der Waals surface area contributed by atoms with Crippen molar-refractivity contribution in [3.8, 4) is 11.8 Å². The van der Waals surface area contributed by atoms with E-state index in [1.54, 1.807) is 12.1 Å². The maximum Gasteiger partial charge on any atom is 0.165 e. The molecule has 0 heterocycles. The van der Waals surface area contributed by atoms with Gasteiger partial charge < -0.3 is 10.5 Å². The predicted molar refractivity (Wildman–Crippen MR) is 61.7 cm³/mol. The number of benzene rings is 1. The maximum absolute atomic E-state index is 13.6. The van der Waals surface area contributed by atoms with E-state index in [2.05, 4.69) is 6.07 Å². The topological polar surface area (TPSA) is 59.0 Å². The smallest absolute Gasteiger partial charge is 0.165 e. The molecule has 4 heteroatoms. The van der Waals surface area contributed by atoms with Crippen LogP contribution in [0.2, 0.25) is 0 Å². The Kier molecular flexibility index (Phi) is 3.30. The zero-order chi connectivity index (χ0) is 12.3. The van der Waals surface area contributed by atoms with Gasteiger partial charge in [0.2, 0.25) is 0 Å². The first-order valence-electron chi connectivity index (χ1n) is 5.68. The molecule has 1 saturated carbocycles. The number of nitrogens with two attached hydrogens (primary N) is 1. The van der Waals surface area contributed by atoms with Crippen LogP contribution in [0, 0.1) is 22.6 Å². The molecule has 0 bridgehead atoms. The second-order valence-electron chi connectivity index (χ2n) is 4.56. The molecule has 3 nitrogen and oxygen atoms in total. The van der Waals surface area contributed by atoms with E-state index in [0.29, 0.717) is 18.6 Å². The van der Waals surface area contributed by atoms with Crippen molar-refractivity contribution >= 4 is 0 Å². The summed E-state index contributed by atoms with van der Waals surface area (Å²) in [5.41, 5.74) is 6.15. The van der Waals surface area contributed by atoms with Crippen LogP contribution in [0.3, 0.4) is 0 Å². The molecule has 1 fully saturated rings. The fourth-order valence-corrected chi connectivity index (χ4v) is 1.82. The lowest BCUT2D eigenvalue weighted by Crippen LogP contribution is -2.14. The standard InChI is InChI=1S/C13H15FN2O/c14-11-3-1-2-10(8-16)12(11)17-9-13(4-5-13)6-7-15/h1-3H,4-6,8-9,16H2. The minimum atomic E-state index is -0.388. The highest BCUT2D eigenvalue weighted by Gasteiger charge is 2.43. The van der Waals surface area contributed by atoms with E-state index in [0.717, 1.165) is 12.8 Å². The fraction of sp³-hybridized carbons (Fsp3) is 0.462. The Balaban J connectivity index is 2.07. The van der Waals surface area contributed by atoms with Crippen LogP contribution in [0.4, 0.5) is 4.39 Å². The number of nitriles is 1. The van der Waals surface area contributed by atoms with Gasteiger partial charge in [-0.15, -0.1) is 0 Å². The Morgan fingerprint density at radius 3 is 2.82 bits per heavy atom. The molecule has 17 heavy (non-hydrogen) atoms. The number of hydrogen-bond donors (Lipinski definition) is 1. The normalized spacial score (nSPS) is 16.3. The molecular weight excluding hydrogens is 219 g/mol. The molecule has 2 N–H and O–H groups in total. The molecule has 0 radical (unpaired) electrons. The van der Waals surface area contributed by atoms with Gasteiger partial charge in [0.15, 0.2) is 11.6 Å². The summed E-state index contributed by atoms with van der Waals surface area (Å²) in [4.78, 5) is 0. The van der Waals surface area contributed by atoms with E-state index in [1.807, 2.05) is 0 Å². The minimum Gasteiger partial charge on any atom is -0.490 e. The minimum absolute atomic E-state index is 0.0527. The van der Waals surface area contributed by atoms with Crippen LogP contribution in [0.1, 0.15) is 24.8 Å². The zero-order valence-corrected chi connectivity index (χ0v) is 9.58. The number of nitrogens with zero attached hydrogens (tertiary/aromatic N) is 1. The van der Waals surface area contributed by atoms with E-state index < -0.39 is 0 Å². The summed E-state index contributed by atoms with van der Waals surface area (Å²) in [5.74, 6) is -0.153. The van der Waals surface area contributed by atoms with E-state index in [1.165, 1.54) is 6.07 Å². The molecule has 1 aromatic rings. The van der Waals surface area contributed by atoms with Crippen molar-refractivity contribution in [2.24, 2.45) is 11.1 Å². The van der Waals surface area contributed by atoms with Gasteiger partial charge in [0.25, 0.3) is 0 Å². The molecule has 0 unspecified atom stereocenters. The van der Waals surface area contributed by atoms with E-state index in [4.69, 9.17) is 15.7 Å². The SMILES string of the molecule is N#CCC1(COc2c(F)cccc2CN)CC1. The summed E-state index contributed by atoms with van der Waals surface area (Å²) in [6.45, 7) is 0.646. The van der Waals surface area contributed by atoms with Crippen LogP contribution in [0.15, 0.2) is 18.2 Å². The van der Waals surface area contributed by atoms with Crippen molar-refractivity contribution in [1.29, 1.82) is 5.26 Å². The monoisotopic (exact) mass is 234 g/mol. The molecule has 90 valence electrons. The van der Waals surface area contributed by atoms with Crippen molar-refractivity contribution in [2.75, 3.05) is 6.61 Å². The number of halogens is 1. The second kappa shape index (κ2) is 4.72. The summed E-state index contributed by atoms with van der Waals surface area (Å²) in [5, 5.41) is 8.69. The Morgan fingerprint density at radius 1 is 1.47 bits per heavy atom. The highest BCUT2D eigenvalue weighted by Crippen LogP contribution is 2.48. The third kappa shape index (κ3) is 2.56. The lowest BCUT2D eigenvalue weighted by Gasteiger charge is -2.15. The first-order valence-corrected chi connectivity index (χ1v) is 5.68. The Labute approximate surface area is 100.0 Å². The van der Waals surface area contributed by atoms with Crippen molar-refractivity contribution in [2.45, 2.75) is 25.8 Å². The van der Waals surface area contributed by atoms with Gasteiger partial charge in [0, 0.05) is 23.9 Å². The van der Waals surface area contributed by atoms with Crippen LogP contribution in [-0.4, -0.2) is 6.61 Å². The summed E-state index contributed by atoms with van der Waals surface area (Å²) in [6, 6.07) is 6.88. The highest BCUT2D eigenvalue weighted by atomic mass is 19.1. The van der Waals surface area contributed by atoms with Gasteiger partial charge in [-0.25, -0.2) is 4.39 Å². The molecule has 0 aliphatic heterocycles. The van der Waals surface area contributed by atoms with Gasteiger partial charge in [-0.1, -0.05) is 12.1 Å². The second-order valence-corrected chi connectivity index (χ2v) is 4.56. The molecular formula is C13H15FN2O. The lowest BCUT2D eigenvalue weighted by molar-refractivity contribution is 0.225. The highest BCUT2D eigenvalue weighted by molar-refractivity contribution is 5.35. The number of rotatable bonds is 5. The number of para-hydroxylation sites is 1. The first-order chi connectivity index (χ1) is 8.21. The summed E-state index contributed by atoms with van der Waals surface area (Å²) in [6.07, 6.45) is 2.43. The average Bonchev–Trinajstić information content (AvgIpc) is 3.08. The Bertz CT molecular complexity index is 449. The summed E-state index contributed by atoms with van der Waals surface area (Å²) < 4.78 is 19.1.